The third-order valence-corrected chi connectivity index (χ3v) is 7.05. The van der Waals surface area contributed by atoms with E-state index in [1.807, 2.05) is 32.3 Å². The Hall–Kier alpha value is -3.62. The normalized spacial score (nSPS) is 14.6. The molecule has 1 fully saturated rings. The van der Waals surface area contributed by atoms with Gasteiger partial charge in [0.2, 0.25) is 0 Å². The molecule has 0 unspecified atom stereocenters. The van der Waals surface area contributed by atoms with Crippen LogP contribution in [0.4, 0.5) is 4.39 Å². The van der Waals surface area contributed by atoms with Crippen molar-refractivity contribution >= 4 is 21.9 Å². The van der Waals surface area contributed by atoms with Gasteiger partial charge in [-0.3, -0.25) is 9.97 Å². The second kappa shape index (κ2) is 10.6. The predicted molar refractivity (Wildman–Crippen MR) is 145 cm³/mol. The van der Waals surface area contributed by atoms with Gasteiger partial charge >= 0.3 is 0 Å². The molecular weight excluding hydrogens is 483 g/mol. The fraction of sp³-hybridized carbons (Fsp3) is 0.367. The van der Waals surface area contributed by atoms with Gasteiger partial charge < -0.3 is 18.9 Å². The molecule has 0 radical (unpaired) electrons. The van der Waals surface area contributed by atoms with E-state index in [0.29, 0.717) is 11.6 Å². The number of fused-ring (bicyclic) bond motifs is 3. The van der Waals surface area contributed by atoms with E-state index < -0.39 is 5.60 Å². The maximum Gasteiger partial charge on any atom is 0.141 e. The number of halogens is 1. The van der Waals surface area contributed by atoms with E-state index in [2.05, 4.69) is 20.8 Å². The highest BCUT2D eigenvalue weighted by Crippen LogP contribution is 2.35. The van der Waals surface area contributed by atoms with Crippen molar-refractivity contribution < 1.29 is 18.8 Å². The Morgan fingerprint density at radius 3 is 2.37 bits per heavy atom. The molecule has 8 heteroatoms. The van der Waals surface area contributed by atoms with Gasteiger partial charge in [-0.25, -0.2) is 4.39 Å². The van der Waals surface area contributed by atoms with Crippen LogP contribution in [0.1, 0.15) is 43.8 Å². The number of rotatable bonds is 4. The molecule has 0 amide bonds. The zero-order valence-corrected chi connectivity index (χ0v) is 22.2. The van der Waals surface area contributed by atoms with Gasteiger partial charge in [0.1, 0.15) is 17.2 Å². The molecule has 7 nitrogen and oxygen atoms in total. The lowest BCUT2D eigenvalue weighted by Crippen LogP contribution is -2.21. The van der Waals surface area contributed by atoms with E-state index in [0.717, 1.165) is 77.1 Å². The maximum atomic E-state index is 11.9. The van der Waals surface area contributed by atoms with Crippen LogP contribution in [0.3, 0.4) is 0 Å². The van der Waals surface area contributed by atoms with Crippen LogP contribution in [0.5, 0.6) is 0 Å². The second-order valence-corrected chi connectivity index (χ2v) is 10.4. The fourth-order valence-corrected chi connectivity index (χ4v) is 5.01. The summed E-state index contributed by atoms with van der Waals surface area (Å²) in [5.74, 6) is 1.15. The van der Waals surface area contributed by atoms with Crippen molar-refractivity contribution in [3.63, 3.8) is 0 Å². The second-order valence-electron chi connectivity index (χ2n) is 10.4. The summed E-state index contributed by atoms with van der Waals surface area (Å²) in [6.45, 7) is 9.90. The highest BCUT2D eigenvalue weighted by Gasteiger charge is 2.24. The topological polar surface area (TPSA) is 86.2 Å². The van der Waals surface area contributed by atoms with Gasteiger partial charge in [-0.15, -0.1) is 0 Å². The smallest absolute Gasteiger partial charge is 0.141 e. The van der Waals surface area contributed by atoms with Crippen molar-refractivity contribution in [3.05, 3.63) is 77.8 Å². The molecule has 0 saturated carbocycles. The maximum absolute atomic E-state index is 11.9. The summed E-state index contributed by atoms with van der Waals surface area (Å²) in [6.07, 6.45) is 5.81. The largest absolute Gasteiger partial charge is 0.384 e. The van der Waals surface area contributed by atoms with Crippen LogP contribution >= 0.6 is 0 Å². The number of nitrogens with zero attached hydrogens (tertiary/aromatic N) is 4. The Kier molecular flexibility index (Phi) is 7.27. The molecule has 5 heterocycles. The number of aromatic nitrogens is 4. The molecule has 6 rings (SSSR count). The molecule has 38 heavy (non-hydrogen) atoms. The average Bonchev–Trinajstić information content (AvgIpc) is 3.40. The lowest BCUT2D eigenvalue weighted by Gasteiger charge is -2.23. The zero-order valence-electron chi connectivity index (χ0n) is 22.2. The van der Waals surface area contributed by atoms with E-state index >= 15 is 0 Å². The molecular formula is C30H33FN4O3. The van der Waals surface area contributed by atoms with Crippen molar-refractivity contribution in [1.82, 2.24) is 19.7 Å². The van der Waals surface area contributed by atoms with Crippen molar-refractivity contribution in [2.75, 3.05) is 13.2 Å². The van der Waals surface area contributed by atoms with E-state index in [-0.39, 0.29) is 5.82 Å². The summed E-state index contributed by atoms with van der Waals surface area (Å²) >= 11 is 0. The first kappa shape index (κ1) is 26.0. The molecule has 1 aliphatic heterocycles. The lowest BCUT2D eigenvalue weighted by atomic mass is 10.00. The Balaban J connectivity index is 0.000000366. The number of hydrogen-bond acceptors (Lipinski definition) is 6. The summed E-state index contributed by atoms with van der Waals surface area (Å²) in [6, 6.07) is 12.1. The minimum absolute atomic E-state index is 0.178. The number of hydrogen-bond donors (Lipinski definition) is 1. The highest BCUT2D eigenvalue weighted by molar-refractivity contribution is 6.06. The molecule has 1 saturated heterocycles. The first-order valence-electron chi connectivity index (χ1n) is 12.9. The van der Waals surface area contributed by atoms with Crippen LogP contribution in [0, 0.1) is 25.6 Å². The summed E-state index contributed by atoms with van der Waals surface area (Å²) < 4.78 is 25.2. The third-order valence-electron chi connectivity index (χ3n) is 7.05. The number of aryl methyl sites for hydroxylation is 2. The van der Waals surface area contributed by atoms with Gasteiger partial charge in [-0.05, 0) is 70.7 Å². The minimum atomic E-state index is -1.01. The molecule has 1 N–H and O–H groups in total. The molecule has 1 aliphatic rings. The van der Waals surface area contributed by atoms with Crippen LogP contribution in [0.15, 0.2) is 59.4 Å². The van der Waals surface area contributed by atoms with Gasteiger partial charge in [0.05, 0.1) is 27.9 Å². The summed E-state index contributed by atoms with van der Waals surface area (Å²) in [5, 5.41) is 15.7. The Bertz CT molecular complexity index is 1530. The van der Waals surface area contributed by atoms with Crippen LogP contribution in [0.25, 0.3) is 33.1 Å². The molecule has 1 aromatic carbocycles. The molecule has 4 aromatic heterocycles. The van der Waals surface area contributed by atoms with Gasteiger partial charge in [0.15, 0.2) is 0 Å². The van der Waals surface area contributed by atoms with Crippen molar-refractivity contribution in [2.24, 2.45) is 5.92 Å². The van der Waals surface area contributed by atoms with Crippen LogP contribution < -0.4 is 0 Å². The first-order chi connectivity index (χ1) is 18.2. The van der Waals surface area contributed by atoms with Gasteiger partial charge in [0, 0.05) is 48.7 Å². The SMILES string of the molecule is Cc1noc(C)c1-c1cnc2c3cnc(C(C)(C)O)cc3n(CC3CCOCC3)c2c1.Fc1ccccc1. The average molecular weight is 517 g/mol. The quantitative estimate of drug-likeness (QED) is 0.300. The fourth-order valence-electron chi connectivity index (χ4n) is 5.01. The first-order valence-corrected chi connectivity index (χ1v) is 12.9. The number of aliphatic hydroxyl groups is 1. The summed E-state index contributed by atoms with van der Waals surface area (Å²) in [4.78, 5) is 9.38. The van der Waals surface area contributed by atoms with Crippen LogP contribution in [-0.4, -0.2) is 38.0 Å². The van der Waals surface area contributed by atoms with E-state index in [4.69, 9.17) is 14.2 Å². The monoisotopic (exact) mass is 516 g/mol. The molecule has 0 spiro atoms. The zero-order chi connectivity index (χ0) is 26.9. The third kappa shape index (κ3) is 5.33. The lowest BCUT2D eigenvalue weighted by molar-refractivity contribution is 0.0619. The van der Waals surface area contributed by atoms with Crippen molar-refractivity contribution in [1.29, 1.82) is 0 Å². The molecule has 198 valence electrons. The van der Waals surface area contributed by atoms with Crippen LogP contribution in [0.2, 0.25) is 0 Å². The number of pyridine rings is 2. The van der Waals surface area contributed by atoms with Crippen LogP contribution in [-0.2, 0) is 16.9 Å². The summed E-state index contributed by atoms with van der Waals surface area (Å²) in [7, 11) is 0. The molecule has 0 atom stereocenters. The van der Waals surface area contributed by atoms with E-state index in [1.165, 1.54) is 12.1 Å². The van der Waals surface area contributed by atoms with Gasteiger partial charge in [-0.1, -0.05) is 23.4 Å². The Morgan fingerprint density at radius 2 is 1.76 bits per heavy atom. The summed E-state index contributed by atoms with van der Waals surface area (Å²) in [5.41, 5.74) is 5.53. The minimum Gasteiger partial charge on any atom is -0.384 e. The molecule has 5 aromatic rings. The van der Waals surface area contributed by atoms with Gasteiger partial charge in [-0.2, -0.15) is 0 Å². The number of benzene rings is 1. The van der Waals surface area contributed by atoms with E-state index in [9.17, 15) is 9.50 Å². The highest BCUT2D eigenvalue weighted by atomic mass is 19.1. The van der Waals surface area contributed by atoms with Crippen molar-refractivity contribution in [3.8, 4) is 11.1 Å². The predicted octanol–water partition coefficient (Wildman–Crippen LogP) is 6.34. The van der Waals surface area contributed by atoms with Gasteiger partial charge in [0.25, 0.3) is 0 Å². The van der Waals surface area contributed by atoms with E-state index in [1.54, 1.807) is 32.0 Å². The molecule has 0 bridgehead atoms. The number of ether oxygens (including phenoxy) is 1. The standard InChI is InChI=1S/C24H28N4O3.C6H5F/c1-14-22(15(2)31-27-14)17-9-20-23(26-11-17)18-12-25-21(24(3,4)29)10-19(18)28(20)13-16-5-7-30-8-6-16;7-6-4-2-1-3-5-6/h9-12,16,29H,5-8,13H2,1-4H3;1-5H. The van der Waals surface area contributed by atoms with Crippen molar-refractivity contribution in [2.45, 2.75) is 52.7 Å². The Morgan fingerprint density at radius 1 is 1.03 bits per heavy atom. The Labute approximate surface area is 221 Å². The molecule has 0 aliphatic carbocycles.